The van der Waals surface area contributed by atoms with Gasteiger partial charge in [0.25, 0.3) is 5.91 Å². The van der Waals surface area contributed by atoms with Crippen molar-refractivity contribution in [2.75, 3.05) is 10.3 Å². The van der Waals surface area contributed by atoms with Gasteiger partial charge in [-0.25, -0.2) is 9.69 Å². The van der Waals surface area contributed by atoms with Gasteiger partial charge in [0.2, 0.25) is 5.91 Å². The fourth-order valence-corrected chi connectivity index (χ4v) is 2.87. The first kappa shape index (κ1) is 17.8. The third kappa shape index (κ3) is 3.51. The Morgan fingerprint density at radius 1 is 1.19 bits per heavy atom. The second-order valence-corrected chi connectivity index (χ2v) is 6.75. The molecular weight excluding hydrogens is 330 g/mol. The molecule has 0 bridgehead atoms. The van der Waals surface area contributed by atoms with Crippen LogP contribution in [0.4, 0.5) is 11.5 Å². The van der Waals surface area contributed by atoms with E-state index in [0.717, 1.165) is 11.1 Å². The van der Waals surface area contributed by atoms with E-state index in [1.54, 1.807) is 16.9 Å². The van der Waals surface area contributed by atoms with Crippen LogP contribution >= 0.6 is 0 Å². The molecule has 7 nitrogen and oxygen atoms in total. The van der Waals surface area contributed by atoms with Crippen LogP contribution in [0, 0.1) is 13.8 Å². The molecule has 0 saturated heterocycles. The summed E-state index contributed by atoms with van der Waals surface area (Å²) in [4.78, 5) is 25.0. The number of hydrazone groups is 1. The molecule has 2 aromatic rings. The van der Waals surface area contributed by atoms with Crippen molar-refractivity contribution in [1.82, 2.24) is 9.78 Å². The lowest BCUT2D eigenvalue weighted by Crippen LogP contribution is -2.37. The quantitative estimate of drug-likeness (QED) is 0.916. The third-order valence-electron chi connectivity index (χ3n) is 4.29. The molecule has 0 saturated carbocycles. The van der Waals surface area contributed by atoms with Gasteiger partial charge >= 0.3 is 0 Å². The van der Waals surface area contributed by atoms with Crippen LogP contribution in [0.15, 0.2) is 35.6 Å². The Morgan fingerprint density at radius 3 is 2.69 bits per heavy atom. The number of hydrogen-bond acceptors (Lipinski definition) is 4. The molecule has 1 aromatic carbocycles. The highest BCUT2D eigenvalue weighted by molar-refractivity contribution is 6.44. The van der Waals surface area contributed by atoms with Crippen LogP contribution in [0.2, 0.25) is 0 Å². The summed E-state index contributed by atoms with van der Waals surface area (Å²) in [5.41, 5.74) is 3.02. The molecule has 7 heteroatoms. The smallest absolute Gasteiger partial charge is 0.273 e. The van der Waals surface area contributed by atoms with Crippen molar-refractivity contribution in [3.05, 3.63) is 41.6 Å². The molecule has 1 aliphatic heterocycles. The summed E-state index contributed by atoms with van der Waals surface area (Å²) in [6.45, 7) is 7.86. The summed E-state index contributed by atoms with van der Waals surface area (Å²) in [5.74, 6) is 0.195. The summed E-state index contributed by atoms with van der Waals surface area (Å²) in [7, 11) is 0. The number of anilines is 2. The van der Waals surface area contributed by atoms with Crippen molar-refractivity contribution in [3.8, 4) is 0 Å². The number of rotatable bonds is 4. The molecule has 0 fully saturated rings. The molecule has 3 rings (SSSR count). The van der Waals surface area contributed by atoms with Gasteiger partial charge in [0, 0.05) is 24.9 Å². The first-order valence-corrected chi connectivity index (χ1v) is 8.69. The van der Waals surface area contributed by atoms with Crippen LogP contribution in [-0.2, 0) is 9.59 Å². The van der Waals surface area contributed by atoms with Gasteiger partial charge in [0.1, 0.15) is 11.5 Å². The van der Waals surface area contributed by atoms with Crippen LogP contribution in [-0.4, -0.2) is 27.3 Å². The van der Waals surface area contributed by atoms with Crippen molar-refractivity contribution in [2.45, 2.75) is 46.6 Å². The van der Waals surface area contributed by atoms with Crippen LogP contribution in [0.5, 0.6) is 0 Å². The molecule has 1 aromatic heterocycles. The average Bonchev–Trinajstić information content (AvgIpc) is 3.06. The largest absolute Gasteiger partial charge is 0.306 e. The number of nitrogens with zero attached hydrogens (tertiary/aromatic N) is 4. The summed E-state index contributed by atoms with van der Waals surface area (Å²) in [6, 6.07) is 7.71. The molecule has 26 heavy (non-hydrogen) atoms. The van der Waals surface area contributed by atoms with Gasteiger partial charge in [0.05, 0.1) is 11.9 Å². The number of carbonyl (C=O) groups excluding carboxylic acids is 2. The molecule has 0 radical (unpaired) electrons. The van der Waals surface area contributed by atoms with E-state index in [2.05, 4.69) is 15.5 Å². The molecule has 1 aliphatic rings. The summed E-state index contributed by atoms with van der Waals surface area (Å²) < 4.78 is 1.73. The predicted molar refractivity (Wildman–Crippen MR) is 101 cm³/mol. The average molecular weight is 353 g/mol. The van der Waals surface area contributed by atoms with E-state index in [1.165, 1.54) is 5.01 Å². The van der Waals surface area contributed by atoms with E-state index in [9.17, 15) is 9.59 Å². The Bertz CT molecular complexity index is 882. The fraction of sp³-hybridized carbons (Fsp3) is 0.368. The molecule has 136 valence electrons. The molecule has 0 aliphatic carbocycles. The Hall–Kier alpha value is -2.96. The highest BCUT2D eigenvalue weighted by Gasteiger charge is 2.27. The van der Waals surface area contributed by atoms with Crippen LogP contribution < -0.4 is 10.3 Å². The molecule has 0 spiro atoms. The van der Waals surface area contributed by atoms with Crippen LogP contribution in [0.1, 0.15) is 43.9 Å². The van der Waals surface area contributed by atoms with Gasteiger partial charge in [-0.05, 0) is 44.9 Å². The van der Waals surface area contributed by atoms with Gasteiger partial charge in [-0.1, -0.05) is 12.1 Å². The lowest BCUT2D eigenvalue weighted by atomic mass is 10.1. The minimum Gasteiger partial charge on any atom is -0.306 e. The molecule has 0 unspecified atom stereocenters. The fourth-order valence-electron chi connectivity index (χ4n) is 2.87. The first-order valence-electron chi connectivity index (χ1n) is 8.69. The Morgan fingerprint density at radius 2 is 1.96 bits per heavy atom. The summed E-state index contributed by atoms with van der Waals surface area (Å²) in [6.07, 6.45) is 2.22. The second kappa shape index (κ2) is 7.11. The lowest BCUT2D eigenvalue weighted by molar-refractivity contribution is -0.118. The zero-order valence-electron chi connectivity index (χ0n) is 15.5. The first-order chi connectivity index (χ1) is 12.4. The van der Waals surface area contributed by atoms with E-state index in [4.69, 9.17) is 0 Å². The highest BCUT2D eigenvalue weighted by atomic mass is 16.2. The number of nitrogens with one attached hydrogen (secondary N) is 1. The summed E-state index contributed by atoms with van der Waals surface area (Å²) >= 11 is 0. The molecule has 0 atom stereocenters. The third-order valence-corrected chi connectivity index (χ3v) is 4.29. The zero-order valence-corrected chi connectivity index (χ0v) is 15.5. The van der Waals surface area contributed by atoms with Gasteiger partial charge in [-0.2, -0.15) is 10.2 Å². The normalized spacial score (nSPS) is 14.6. The van der Waals surface area contributed by atoms with Crippen molar-refractivity contribution in [1.29, 1.82) is 0 Å². The van der Waals surface area contributed by atoms with Crippen molar-refractivity contribution in [3.63, 3.8) is 0 Å². The molecule has 1 N–H and O–H groups in total. The molecular formula is C19H23N5O2. The standard InChI is InChI=1S/C19H23N5O2/c1-12(2)23-17(9-10-20-23)21-19(26)15-7-8-18(25)24(22-15)16-11-13(3)5-6-14(16)4/h5-6,9-12H,7-8H2,1-4H3,(H,21,26). The number of benzene rings is 1. The number of carbonyl (C=O) groups is 2. The van der Waals surface area contributed by atoms with E-state index < -0.39 is 0 Å². The Balaban J connectivity index is 1.87. The monoisotopic (exact) mass is 353 g/mol. The van der Waals surface area contributed by atoms with E-state index in [-0.39, 0.29) is 24.3 Å². The maximum Gasteiger partial charge on any atom is 0.273 e. The SMILES string of the molecule is Cc1ccc(C)c(N2N=C(C(=O)Nc3ccnn3C(C)C)CCC2=O)c1. The zero-order chi connectivity index (χ0) is 18.8. The van der Waals surface area contributed by atoms with Crippen molar-refractivity contribution < 1.29 is 9.59 Å². The van der Waals surface area contributed by atoms with Crippen LogP contribution in [0.3, 0.4) is 0 Å². The Labute approximate surface area is 152 Å². The number of aryl methyl sites for hydroxylation is 2. The highest BCUT2D eigenvalue weighted by Crippen LogP contribution is 2.25. The maximum absolute atomic E-state index is 12.7. The number of aromatic nitrogens is 2. The topological polar surface area (TPSA) is 79.6 Å². The van der Waals surface area contributed by atoms with E-state index in [0.29, 0.717) is 23.6 Å². The van der Waals surface area contributed by atoms with E-state index >= 15 is 0 Å². The number of hydrogen-bond donors (Lipinski definition) is 1. The molecule has 2 amide bonds. The second-order valence-electron chi connectivity index (χ2n) is 6.75. The summed E-state index contributed by atoms with van der Waals surface area (Å²) in [5, 5.41) is 12.8. The maximum atomic E-state index is 12.7. The number of amides is 2. The lowest BCUT2D eigenvalue weighted by Gasteiger charge is -2.25. The minimum absolute atomic E-state index is 0.109. The van der Waals surface area contributed by atoms with Gasteiger partial charge in [-0.15, -0.1) is 0 Å². The van der Waals surface area contributed by atoms with Crippen LogP contribution in [0.25, 0.3) is 0 Å². The Kier molecular flexibility index (Phi) is 4.88. The van der Waals surface area contributed by atoms with E-state index in [1.807, 2.05) is 45.9 Å². The van der Waals surface area contributed by atoms with Gasteiger partial charge in [-0.3, -0.25) is 9.59 Å². The van der Waals surface area contributed by atoms with Gasteiger partial charge < -0.3 is 5.32 Å². The van der Waals surface area contributed by atoms with Gasteiger partial charge in [0.15, 0.2) is 0 Å². The predicted octanol–water partition coefficient (Wildman–Crippen LogP) is 3.20. The molecule has 2 heterocycles. The van der Waals surface area contributed by atoms with Crippen molar-refractivity contribution >= 4 is 29.0 Å². The van der Waals surface area contributed by atoms with Crippen molar-refractivity contribution in [2.24, 2.45) is 5.10 Å². The minimum atomic E-state index is -0.310.